The first kappa shape index (κ1) is 22.0. The van der Waals surface area contributed by atoms with Crippen molar-refractivity contribution in [3.8, 4) is 11.5 Å². The van der Waals surface area contributed by atoms with E-state index in [1.807, 2.05) is 4.90 Å². The molecule has 32 heavy (non-hydrogen) atoms. The average Bonchev–Trinajstić information content (AvgIpc) is 3.51. The van der Waals surface area contributed by atoms with Gasteiger partial charge in [0.05, 0.1) is 5.02 Å². The van der Waals surface area contributed by atoms with Crippen molar-refractivity contribution in [3.05, 3.63) is 70.3 Å². The van der Waals surface area contributed by atoms with Gasteiger partial charge >= 0.3 is 0 Å². The van der Waals surface area contributed by atoms with Crippen LogP contribution in [0.5, 0.6) is 0 Å². The van der Waals surface area contributed by atoms with Crippen LogP contribution in [-0.4, -0.2) is 58.4 Å². The second-order valence-electron chi connectivity index (χ2n) is 7.70. The fourth-order valence-electron chi connectivity index (χ4n) is 3.55. The Hall–Kier alpha value is -3.26. The lowest BCUT2D eigenvalue weighted by molar-refractivity contribution is 0.0786. The lowest BCUT2D eigenvalue weighted by atomic mass is 10.1. The Labute approximate surface area is 189 Å². The molecule has 0 aliphatic carbocycles. The summed E-state index contributed by atoms with van der Waals surface area (Å²) in [5, 5.41) is 3.88. The van der Waals surface area contributed by atoms with E-state index in [2.05, 4.69) is 10.1 Å². The highest BCUT2D eigenvalue weighted by Gasteiger charge is 2.20. The number of nitrogens with zero attached hydrogens (tertiary/aromatic N) is 4. The Bertz CT molecular complexity index is 1130. The molecule has 0 N–H and O–H groups in total. The summed E-state index contributed by atoms with van der Waals surface area (Å²) < 4.78 is 18.6. The van der Waals surface area contributed by atoms with Crippen LogP contribution >= 0.6 is 11.6 Å². The third kappa shape index (κ3) is 4.80. The molecule has 2 heterocycles. The summed E-state index contributed by atoms with van der Waals surface area (Å²) in [6.07, 6.45) is 2.48. The number of hydrogen-bond donors (Lipinski definition) is 0. The summed E-state index contributed by atoms with van der Waals surface area (Å²) in [7, 11) is 1.64. The van der Waals surface area contributed by atoms with Gasteiger partial charge in [0.1, 0.15) is 5.82 Å². The van der Waals surface area contributed by atoms with Gasteiger partial charge in [-0.2, -0.15) is 4.98 Å². The van der Waals surface area contributed by atoms with E-state index in [1.54, 1.807) is 31.3 Å². The zero-order chi connectivity index (χ0) is 22.7. The highest BCUT2D eigenvalue weighted by Crippen LogP contribution is 2.20. The minimum Gasteiger partial charge on any atom is -0.341 e. The van der Waals surface area contributed by atoms with Gasteiger partial charge in [0.15, 0.2) is 5.82 Å². The van der Waals surface area contributed by atoms with E-state index < -0.39 is 5.82 Å². The van der Waals surface area contributed by atoms with Crippen LogP contribution in [0.4, 0.5) is 4.39 Å². The van der Waals surface area contributed by atoms with Gasteiger partial charge in [-0.05, 0) is 55.3 Å². The van der Waals surface area contributed by atoms with E-state index in [-0.39, 0.29) is 16.8 Å². The molecule has 1 saturated heterocycles. The number of benzene rings is 2. The highest BCUT2D eigenvalue weighted by atomic mass is 35.5. The number of rotatable bonds is 6. The molecule has 0 unspecified atom stereocenters. The molecule has 0 saturated carbocycles. The fraction of sp³-hybridized carbons (Fsp3) is 0.304. The molecule has 0 atom stereocenters. The molecule has 1 aliphatic rings. The van der Waals surface area contributed by atoms with Crippen molar-refractivity contribution >= 4 is 23.4 Å². The third-order valence-corrected chi connectivity index (χ3v) is 5.71. The van der Waals surface area contributed by atoms with Gasteiger partial charge in [0.2, 0.25) is 0 Å². The number of likely N-dealkylation sites (tertiary alicyclic amines) is 1. The molecular weight excluding hydrogens is 435 g/mol. The van der Waals surface area contributed by atoms with Gasteiger partial charge < -0.3 is 14.3 Å². The maximum Gasteiger partial charge on any atom is 0.257 e. The maximum atomic E-state index is 13.3. The molecule has 9 heteroatoms. The van der Waals surface area contributed by atoms with E-state index in [1.165, 1.54) is 23.1 Å². The number of halogens is 2. The Kier molecular flexibility index (Phi) is 6.50. The molecule has 0 bridgehead atoms. The normalized spacial score (nSPS) is 13.4. The molecule has 0 spiro atoms. The van der Waals surface area contributed by atoms with Gasteiger partial charge in [0.25, 0.3) is 17.7 Å². The summed E-state index contributed by atoms with van der Waals surface area (Å²) in [6.45, 7) is 1.95. The van der Waals surface area contributed by atoms with E-state index in [0.717, 1.165) is 25.9 Å². The molecule has 2 aromatic carbocycles. The largest absolute Gasteiger partial charge is 0.341 e. The van der Waals surface area contributed by atoms with Crippen LogP contribution in [0.25, 0.3) is 11.5 Å². The number of carbonyl (C=O) groups is 2. The Morgan fingerprint density at radius 1 is 1.12 bits per heavy atom. The number of likely N-dealkylation sites (N-methyl/N-ethyl adjacent to an activating group) is 1. The van der Waals surface area contributed by atoms with Crippen molar-refractivity contribution in [1.29, 1.82) is 0 Å². The maximum absolute atomic E-state index is 13.3. The molecule has 7 nitrogen and oxygen atoms in total. The zero-order valence-corrected chi connectivity index (χ0v) is 18.3. The van der Waals surface area contributed by atoms with Gasteiger partial charge in [-0.1, -0.05) is 16.8 Å². The van der Waals surface area contributed by atoms with Gasteiger partial charge in [0, 0.05) is 49.8 Å². The summed E-state index contributed by atoms with van der Waals surface area (Å²) in [5.41, 5.74) is 1.65. The van der Waals surface area contributed by atoms with E-state index >= 15 is 0 Å². The van der Waals surface area contributed by atoms with Crippen LogP contribution in [-0.2, 0) is 6.42 Å². The highest BCUT2D eigenvalue weighted by molar-refractivity contribution is 6.31. The zero-order valence-electron chi connectivity index (χ0n) is 17.6. The van der Waals surface area contributed by atoms with E-state index in [0.29, 0.717) is 41.4 Å². The van der Waals surface area contributed by atoms with Gasteiger partial charge in [-0.3, -0.25) is 9.59 Å². The third-order valence-electron chi connectivity index (χ3n) is 5.42. The minimum absolute atomic E-state index is 0.0374. The SMILES string of the molecule is CN(CCc1noc(-c2ccc(C(=O)N3CCCC3)cc2)n1)C(=O)c1ccc(F)c(Cl)c1. The van der Waals surface area contributed by atoms with Crippen molar-refractivity contribution in [1.82, 2.24) is 19.9 Å². The van der Waals surface area contributed by atoms with Crippen molar-refractivity contribution in [2.24, 2.45) is 0 Å². The quantitative estimate of drug-likeness (QED) is 0.558. The average molecular weight is 457 g/mol. The number of carbonyl (C=O) groups excluding carboxylic acids is 2. The summed E-state index contributed by atoms with van der Waals surface area (Å²) in [5.74, 6) is -0.0172. The molecular formula is C23H22ClFN4O3. The van der Waals surface area contributed by atoms with Gasteiger partial charge in [-0.15, -0.1) is 0 Å². The Morgan fingerprint density at radius 3 is 2.50 bits per heavy atom. The number of amides is 2. The van der Waals surface area contributed by atoms with Crippen LogP contribution in [0.3, 0.4) is 0 Å². The number of aromatic nitrogens is 2. The molecule has 1 fully saturated rings. The first-order valence-electron chi connectivity index (χ1n) is 10.3. The molecule has 166 valence electrons. The summed E-state index contributed by atoms with van der Waals surface area (Å²) >= 11 is 5.76. The first-order valence-corrected chi connectivity index (χ1v) is 10.7. The summed E-state index contributed by atoms with van der Waals surface area (Å²) in [6, 6.07) is 11.0. The molecule has 2 amide bonds. The molecule has 0 radical (unpaired) electrons. The number of hydrogen-bond acceptors (Lipinski definition) is 5. The van der Waals surface area contributed by atoms with Crippen molar-refractivity contribution in [3.63, 3.8) is 0 Å². The van der Waals surface area contributed by atoms with Gasteiger partial charge in [-0.25, -0.2) is 4.39 Å². The smallest absolute Gasteiger partial charge is 0.257 e. The summed E-state index contributed by atoms with van der Waals surface area (Å²) in [4.78, 5) is 32.7. The molecule has 4 rings (SSSR count). The van der Waals surface area contributed by atoms with Crippen molar-refractivity contribution in [2.75, 3.05) is 26.7 Å². The Balaban J connectivity index is 1.35. The van der Waals surface area contributed by atoms with Crippen molar-refractivity contribution < 1.29 is 18.5 Å². The van der Waals surface area contributed by atoms with Crippen LogP contribution in [0, 0.1) is 5.82 Å². The van der Waals surface area contributed by atoms with E-state index in [9.17, 15) is 14.0 Å². The first-order chi connectivity index (χ1) is 15.4. The monoisotopic (exact) mass is 456 g/mol. The molecule has 3 aromatic rings. The predicted molar refractivity (Wildman–Crippen MR) is 117 cm³/mol. The van der Waals surface area contributed by atoms with E-state index in [4.69, 9.17) is 16.1 Å². The Morgan fingerprint density at radius 2 is 1.81 bits per heavy atom. The van der Waals surface area contributed by atoms with Crippen molar-refractivity contribution in [2.45, 2.75) is 19.3 Å². The predicted octanol–water partition coefficient (Wildman–Crippen LogP) is 4.08. The van der Waals surface area contributed by atoms with Crippen LogP contribution in [0.1, 0.15) is 39.4 Å². The topological polar surface area (TPSA) is 79.5 Å². The lowest BCUT2D eigenvalue weighted by Crippen LogP contribution is -2.29. The standard InChI is InChI=1S/C23H22ClFN4O3/c1-28(22(30)17-8-9-19(25)18(24)14-17)13-10-20-26-21(32-27-20)15-4-6-16(7-5-15)23(31)29-11-2-3-12-29/h4-9,14H,2-3,10-13H2,1H3. The second-order valence-corrected chi connectivity index (χ2v) is 8.11. The molecule has 1 aromatic heterocycles. The van der Waals surface area contributed by atoms with Crippen LogP contribution in [0.2, 0.25) is 5.02 Å². The fourth-order valence-corrected chi connectivity index (χ4v) is 3.73. The van der Waals surface area contributed by atoms with Crippen LogP contribution < -0.4 is 0 Å². The second kappa shape index (κ2) is 9.48. The lowest BCUT2D eigenvalue weighted by Gasteiger charge is -2.16. The minimum atomic E-state index is -0.571. The molecule has 1 aliphatic heterocycles. The van der Waals surface area contributed by atoms with Crippen LogP contribution in [0.15, 0.2) is 47.0 Å².